The first-order valence-electron chi connectivity index (χ1n) is 10.4. The third-order valence-corrected chi connectivity index (χ3v) is 6.01. The van der Waals surface area contributed by atoms with Crippen LogP contribution in [-0.2, 0) is 27.1 Å². The van der Waals surface area contributed by atoms with E-state index in [-0.39, 0.29) is 11.2 Å². The Bertz CT molecular complexity index is 1130. The fourth-order valence-corrected chi connectivity index (χ4v) is 4.12. The summed E-state index contributed by atoms with van der Waals surface area (Å²) in [6.45, 7) is 3.18. The predicted molar refractivity (Wildman–Crippen MR) is 113 cm³/mol. The molecule has 1 aliphatic rings. The number of ether oxygens (including phenoxy) is 1. The van der Waals surface area contributed by atoms with Crippen LogP contribution >= 0.6 is 0 Å². The highest BCUT2D eigenvalue weighted by atomic mass is 16.5. The molecule has 0 aliphatic heterocycles. The molecule has 0 atom stereocenters. The Labute approximate surface area is 169 Å². The van der Waals surface area contributed by atoms with Crippen LogP contribution in [-0.4, -0.2) is 25.3 Å². The van der Waals surface area contributed by atoms with Gasteiger partial charge in [-0.15, -0.1) is 0 Å². The SMILES string of the molecule is CCc1ccc(Cn2c(OCC3CCCC3)nc3c2c(=O)n(C)c(=O)n3C)cc1. The number of hydrogen-bond donors (Lipinski definition) is 0. The molecule has 0 N–H and O–H groups in total. The van der Waals surface area contributed by atoms with Gasteiger partial charge in [0, 0.05) is 14.1 Å². The van der Waals surface area contributed by atoms with Crippen LogP contribution in [0.4, 0.5) is 0 Å². The van der Waals surface area contributed by atoms with Gasteiger partial charge in [-0.25, -0.2) is 4.79 Å². The van der Waals surface area contributed by atoms with Gasteiger partial charge in [-0.3, -0.25) is 18.5 Å². The van der Waals surface area contributed by atoms with Crippen LogP contribution in [0.15, 0.2) is 33.9 Å². The minimum Gasteiger partial charge on any atom is -0.464 e. The molecule has 3 aromatic rings. The fourth-order valence-electron chi connectivity index (χ4n) is 4.12. The number of aromatic nitrogens is 4. The molecule has 0 saturated heterocycles. The lowest BCUT2D eigenvalue weighted by Crippen LogP contribution is -2.37. The Hall–Kier alpha value is -2.83. The topological polar surface area (TPSA) is 71.1 Å². The van der Waals surface area contributed by atoms with Gasteiger partial charge in [-0.1, -0.05) is 44.0 Å². The summed E-state index contributed by atoms with van der Waals surface area (Å²) in [6, 6.07) is 8.74. The Kier molecular flexibility index (Phi) is 5.30. The van der Waals surface area contributed by atoms with Crippen molar-refractivity contribution >= 4 is 11.2 Å². The smallest absolute Gasteiger partial charge is 0.332 e. The van der Waals surface area contributed by atoms with Gasteiger partial charge >= 0.3 is 5.69 Å². The number of fused-ring (bicyclic) bond motifs is 1. The first kappa shape index (κ1) is 19.5. The predicted octanol–water partition coefficient (Wildman–Crippen LogP) is 2.61. The molecule has 0 spiro atoms. The molecule has 7 nitrogen and oxygen atoms in total. The maximum Gasteiger partial charge on any atom is 0.332 e. The number of benzene rings is 1. The normalized spacial score (nSPS) is 14.7. The Morgan fingerprint density at radius 2 is 1.69 bits per heavy atom. The van der Waals surface area contributed by atoms with Crippen LogP contribution in [0.5, 0.6) is 6.01 Å². The molecule has 1 saturated carbocycles. The van der Waals surface area contributed by atoms with Crippen LogP contribution in [0.25, 0.3) is 11.2 Å². The Morgan fingerprint density at radius 3 is 2.34 bits per heavy atom. The number of rotatable bonds is 6. The van der Waals surface area contributed by atoms with Crippen molar-refractivity contribution in [3.05, 3.63) is 56.2 Å². The summed E-state index contributed by atoms with van der Waals surface area (Å²) >= 11 is 0. The van der Waals surface area contributed by atoms with Crippen LogP contribution in [0.3, 0.4) is 0 Å². The molecule has 0 amide bonds. The van der Waals surface area contributed by atoms with E-state index in [0.717, 1.165) is 16.6 Å². The Balaban J connectivity index is 1.79. The first-order chi connectivity index (χ1) is 14.0. The van der Waals surface area contributed by atoms with E-state index in [0.29, 0.717) is 36.2 Å². The summed E-state index contributed by atoms with van der Waals surface area (Å²) in [7, 11) is 3.13. The van der Waals surface area contributed by atoms with E-state index in [1.807, 2.05) is 4.57 Å². The van der Waals surface area contributed by atoms with Crippen molar-refractivity contribution in [3.8, 4) is 6.01 Å². The van der Waals surface area contributed by atoms with Crippen molar-refractivity contribution < 1.29 is 4.74 Å². The van der Waals surface area contributed by atoms with Gasteiger partial charge in [0.2, 0.25) is 0 Å². The molecule has 4 rings (SSSR count). The number of aryl methyl sites for hydroxylation is 2. The lowest BCUT2D eigenvalue weighted by molar-refractivity contribution is 0.227. The van der Waals surface area contributed by atoms with Gasteiger partial charge in [-0.05, 0) is 36.3 Å². The van der Waals surface area contributed by atoms with E-state index >= 15 is 0 Å². The van der Waals surface area contributed by atoms with Crippen LogP contribution < -0.4 is 16.0 Å². The molecule has 0 radical (unpaired) electrons. The maximum absolute atomic E-state index is 12.9. The van der Waals surface area contributed by atoms with E-state index < -0.39 is 0 Å². The highest BCUT2D eigenvalue weighted by Gasteiger charge is 2.22. The summed E-state index contributed by atoms with van der Waals surface area (Å²) in [5, 5.41) is 0. The summed E-state index contributed by atoms with van der Waals surface area (Å²) in [5.41, 5.74) is 2.35. The zero-order valence-corrected chi connectivity index (χ0v) is 17.4. The third kappa shape index (κ3) is 3.61. The van der Waals surface area contributed by atoms with Gasteiger partial charge in [0.05, 0.1) is 13.2 Å². The van der Waals surface area contributed by atoms with Crippen molar-refractivity contribution in [2.45, 2.75) is 45.6 Å². The Morgan fingerprint density at radius 1 is 1.03 bits per heavy atom. The van der Waals surface area contributed by atoms with Gasteiger partial charge < -0.3 is 4.74 Å². The molecule has 1 fully saturated rings. The first-order valence-corrected chi connectivity index (χ1v) is 10.4. The van der Waals surface area contributed by atoms with Gasteiger partial charge in [0.25, 0.3) is 11.6 Å². The number of imidazole rings is 1. The summed E-state index contributed by atoms with van der Waals surface area (Å²) in [5.74, 6) is 0.527. The maximum atomic E-state index is 12.9. The molecule has 2 aromatic heterocycles. The standard InChI is InChI=1S/C22H28N4O3/c1-4-15-9-11-16(12-10-15)13-26-18-19(24(2)22(28)25(3)20(18)27)23-21(26)29-14-17-7-5-6-8-17/h9-12,17H,4-8,13-14H2,1-3H3. The monoisotopic (exact) mass is 396 g/mol. The zero-order chi connectivity index (χ0) is 20.5. The molecule has 154 valence electrons. The second-order valence-corrected chi connectivity index (χ2v) is 7.99. The van der Waals surface area contributed by atoms with Gasteiger partial charge in [0.1, 0.15) is 0 Å². The molecule has 29 heavy (non-hydrogen) atoms. The van der Waals surface area contributed by atoms with Crippen LogP contribution in [0.2, 0.25) is 0 Å². The second-order valence-electron chi connectivity index (χ2n) is 7.99. The average molecular weight is 396 g/mol. The van der Waals surface area contributed by atoms with Crippen molar-refractivity contribution in [1.29, 1.82) is 0 Å². The lowest BCUT2D eigenvalue weighted by atomic mass is 10.1. The molecule has 2 heterocycles. The summed E-state index contributed by atoms with van der Waals surface area (Å²) in [6.07, 6.45) is 5.79. The summed E-state index contributed by atoms with van der Waals surface area (Å²) < 4.78 is 10.5. The molecule has 7 heteroatoms. The van der Waals surface area contributed by atoms with Crippen molar-refractivity contribution in [2.75, 3.05) is 6.61 Å². The van der Waals surface area contributed by atoms with Crippen molar-refractivity contribution in [1.82, 2.24) is 18.7 Å². The van der Waals surface area contributed by atoms with Crippen molar-refractivity contribution in [3.63, 3.8) is 0 Å². The minimum atomic E-state index is -0.387. The highest BCUT2D eigenvalue weighted by Crippen LogP contribution is 2.26. The van der Waals surface area contributed by atoms with Crippen LogP contribution in [0, 0.1) is 5.92 Å². The molecular weight excluding hydrogens is 368 g/mol. The quantitative estimate of drug-likeness (QED) is 0.642. The van der Waals surface area contributed by atoms with Crippen molar-refractivity contribution in [2.24, 2.45) is 20.0 Å². The second kappa shape index (κ2) is 7.89. The molecule has 0 unspecified atom stereocenters. The van der Waals surface area contributed by atoms with Gasteiger partial charge in [-0.2, -0.15) is 4.98 Å². The van der Waals surface area contributed by atoms with Gasteiger partial charge in [0.15, 0.2) is 11.2 Å². The van der Waals surface area contributed by atoms with Crippen LogP contribution in [0.1, 0.15) is 43.7 Å². The summed E-state index contributed by atoms with van der Waals surface area (Å²) in [4.78, 5) is 29.8. The van der Waals surface area contributed by atoms with E-state index in [1.165, 1.54) is 42.9 Å². The largest absolute Gasteiger partial charge is 0.464 e. The van der Waals surface area contributed by atoms with E-state index in [2.05, 4.69) is 36.2 Å². The van der Waals surface area contributed by atoms with E-state index in [4.69, 9.17) is 4.74 Å². The van der Waals surface area contributed by atoms with E-state index in [1.54, 1.807) is 7.05 Å². The average Bonchev–Trinajstić information content (AvgIpc) is 3.38. The lowest BCUT2D eigenvalue weighted by Gasteiger charge is -2.13. The molecule has 1 aliphatic carbocycles. The number of nitrogens with zero attached hydrogens (tertiary/aromatic N) is 4. The van der Waals surface area contributed by atoms with E-state index in [9.17, 15) is 9.59 Å². The molecular formula is C22H28N4O3. The molecule has 1 aromatic carbocycles. The fraction of sp³-hybridized carbons (Fsp3) is 0.500. The highest BCUT2D eigenvalue weighted by molar-refractivity contribution is 5.72. The third-order valence-electron chi connectivity index (χ3n) is 6.01. The number of hydrogen-bond acceptors (Lipinski definition) is 4. The zero-order valence-electron chi connectivity index (χ0n) is 17.4. The minimum absolute atomic E-state index is 0.350. The molecule has 0 bridgehead atoms.